The lowest BCUT2D eigenvalue weighted by atomic mass is 10.0. The third-order valence-corrected chi connectivity index (χ3v) is 6.39. The van der Waals surface area contributed by atoms with Crippen LogP contribution in [0.25, 0.3) is 16.6 Å². The van der Waals surface area contributed by atoms with E-state index in [-0.39, 0.29) is 23.0 Å². The zero-order valence-electron chi connectivity index (χ0n) is 18.5. The summed E-state index contributed by atoms with van der Waals surface area (Å²) in [5, 5.41) is 6.97. The van der Waals surface area contributed by atoms with Crippen molar-refractivity contribution in [2.45, 2.75) is 51.1 Å². The number of fused-ring (bicyclic) bond motifs is 1. The van der Waals surface area contributed by atoms with Gasteiger partial charge in [-0.1, -0.05) is 6.07 Å². The van der Waals surface area contributed by atoms with Crippen molar-refractivity contribution in [3.8, 4) is 11.4 Å². The van der Waals surface area contributed by atoms with Crippen molar-refractivity contribution in [2.24, 2.45) is 0 Å². The molecule has 2 aromatic carbocycles. The Balaban J connectivity index is 1.47. The number of nitrogens with one attached hydrogen (secondary N) is 2. The average molecular weight is 433 g/mol. The first kappa shape index (κ1) is 20.7. The number of hydrogen-bond donors (Lipinski definition) is 2. The average Bonchev–Trinajstić information content (AvgIpc) is 3.50. The van der Waals surface area contributed by atoms with E-state index in [4.69, 9.17) is 4.74 Å². The highest BCUT2D eigenvalue weighted by Crippen LogP contribution is 2.24. The molecule has 5 rings (SSSR count). The molecule has 2 aliphatic rings. The molecule has 0 radical (unpaired) electrons. The lowest BCUT2D eigenvalue weighted by Crippen LogP contribution is -2.42. The quantitative estimate of drug-likeness (QED) is 0.625. The van der Waals surface area contributed by atoms with Crippen LogP contribution < -0.4 is 20.9 Å². The molecule has 1 saturated carbocycles. The number of rotatable bonds is 6. The number of carbonyl (C=O) groups is 1. The van der Waals surface area contributed by atoms with Crippen LogP contribution in [-0.2, 0) is 0 Å². The molecule has 2 heterocycles. The van der Waals surface area contributed by atoms with Crippen molar-refractivity contribution in [2.75, 3.05) is 13.2 Å². The van der Waals surface area contributed by atoms with Gasteiger partial charge in [-0.25, -0.2) is 4.98 Å². The van der Waals surface area contributed by atoms with E-state index in [1.54, 1.807) is 18.2 Å². The van der Waals surface area contributed by atoms with Gasteiger partial charge in [0.05, 0.1) is 16.6 Å². The van der Waals surface area contributed by atoms with E-state index in [0.29, 0.717) is 34.5 Å². The van der Waals surface area contributed by atoms with E-state index >= 15 is 0 Å². The number of hydrogen-bond acceptors (Lipinski definition) is 5. The molecule has 1 aliphatic heterocycles. The van der Waals surface area contributed by atoms with Gasteiger partial charge in [-0.2, -0.15) is 0 Å². The SMILES string of the molecule is Cc1ccc(C(=O)NC2CC2)cc1-n1cnc2ccc(OC[C@]3(C)CCCN3)cc2c1=O. The highest BCUT2D eigenvalue weighted by molar-refractivity contribution is 5.95. The third-order valence-electron chi connectivity index (χ3n) is 6.39. The molecule has 7 heteroatoms. The Labute approximate surface area is 186 Å². The number of ether oxygens (including phenoxy) is 1. The maximum absolute atomic E-state index is 13.4. The lowest BCUT2D eigenvalue weighted by Gasteiger charge is -2.24. The standard InChI is InChI=1S/C25H28N4O3/c1-16-4-5-17(23(30)28-18-6-7-18)12-22(16)29-15-26-21-9-8-19(13-20(21)24(29)31)32-14-25(2)10-3-11-27-25/h4-5,8-9,12-13,15,18,27H,3,6-7,10-11,14H2,1-2H3,(H,28,30)/t25-/m0/s1. The number of benzene rings is 2. The molecule has 0 spiro atoms. The zero-order chi connectivity index (χ0) is 22.3. The fraction of sp³-hybridized carbons (Fsp3) is 0.400. The summed E-state index contributed by atoms with van der Waals surface area (Å²) in [5.41, 5.74) is 2.48. The van der Waals surface area contributed by atoms with E-state index in [1.165, 1.54) is 10.9 Å². The summed E-state index contributed by atoms with van der Waals surface area (Å²) in [5.74, 6) is 0.540. The molecular formula is C25H28N4O3. The lowest BCUT2D eigenvalue weighted by molar-refractivity contribution is 0.0951. The molecule has 0 unspecified atom stereocenters. The topological polar surface area (TPSA) is 85.2 Å². The van der Waals surface area contributed by atoms with Crippen LogP contribution in [0.5, 0.6) is 5.75 Å². The van der Waals surface area contributed by atoms with Gasteiger partial charge < -0.3 is 15.4 Å². The summed E-state index contributed by atoms with van der Waals surface area (Å²) >= 11 is 0. The Morgan fingerprint density at radius 2 is 2.12 bits per heavy atom. The summed E-state index contributed by atoms with van der Waals surface area (Å²) in [6.45, 7) is 5.63. The summed E-state index contributed by atoms with van der Waals surface area (Å²) in [7, 11) is 0. The maximum atomic E-state index is 13.4. The molecule has 2 N–H and O–H groups in total. The Morgan fingerprint density at radius 3 is 2.88 bits per heavy atom. The number of amides is 1. The van der Waals surface area contributed by atoms with Gasteiger partial charge in [0.1, 0.15) is 18.7 Å². The van der Waals surface area contributed by atoms with Crippen molar-refractivity contribution in [1.82, 2.24) is 20.2 Å². The highest BCUT2D eigenvalue weighted by Gasteiger charge is 2.29. The van der Waals surface area contributed by atoms with Crippen LogP contribution in [0.2, 0.25) is 0 Å². The fourth-order valence-corrected chi connectivity index (χ4v) is 4.19. The van der Waals surface area contributed by atoms with Gasteiger partial charge in [-0.15, -0.1) is 0 Å². The second-order valence-corrected chi connectivity index (χ2v) is 9.23. The van der Waals surface area contributed by atoms with Crippen molar-refractivity contribution >= 4 is 16.8 Å². The summed E-state index contributed by atoms with van der Waals surface area (Å²) < 4.78 is 7.54. The molecule has 3 aromatic rings. The number of aromatic nitrogens is 2. The molecule has 166 valence electrons. The van der Waals surface area contributed by atoms with Gasteiger partial charge in [-0.3, -0.25) is 14.2 Å². The van der Waals surface area contributed by atoms with E-state index < -0.39 is 0 Å². The van der Waals surface area contributed by atoms with Crippen LogP contribution in [-0.4, -0.2) is 40.2 Å². The summed E-state index contributed by atoms with van der Waals surface area (Å²) in [6.07, 6.45) is 5.79. The largest absolute Gasteiger partial charge is 0.492 e. The first-order chi connectivity index (χ1) is 15.4. The highest BCUT2D eigenvalue weighted by atomic mass is 16.5. The molecule has 7 nitrogen and oxygen atoms in total. The summed E-state index contributed by atoms with van der Waals surface area (Å²) in [6, 6.07) is 11.1. The van der Waals surface area contributed by atoms with Gasteiger partial charge in [0, 0.05) is 17.1 Å². The van der Waals surface area contributed by atoms with Crippen molar-refractivity contribution in [3.05, 3.63) is 64.2 Å². The van der Waals surface area contributed by atoms with Gasteiger partial charge in [0.25, 0.3) is 11.5 Å². The minimum absolute atomic E-state index is 0.0390. The van der Waals surface area contributed by atoms with Gasteiger partial charge in [0.2, 0.25) is 0 Å². The van der Waals surface area contributed by atoms with E-state index in [0.717, 1.165) is 37.8 Å². The fourth-order valence-electron chi connectivity index (χ4n) is 4.19. The van der Waals surface area contributed by atoms with Crippen molar-refractivity contribution in [3.63, 3.8) is 0 Å². The smallest absolute Gasteiger partial charge is 0.265 e. The van der Waals surface area contributed by atoms with Crippen molar-refractivity contribution in [1.29, 1.82) is 0 Å². The Morgan fingerprint density at radius 1 is 1.28 bits per heavy atom. The third kappa shape index (κ3) is 4.12. The van der Waals surface area contributed by atoms with Gasteiger partial charge in [0.15, 0.2) is 0 Å². The number of nitrogens with zero attached hydrogens (tertiary/aromatic N) is 2. The van der Waals surface area contributed by atoms with E-state index in [1.807, 2.05) is 25.1 Å². The molecule has 1 amide bonds. The summed E-state index contributed by atoms with van der Waals surface area (Å²) in [4.78, 5) is 30.4. The molecule has 0 bridgehead atoms. The normalized spacial score (nSPS) is 20.4. The minimum atomic E-state index is -0.187. The maximum Gasteiger partial charge on any atom is 0.265 e. The van der Waals surface area contributed by atoms with Crippen molar-refractivity contribution < 1.29 is 9.53 Å². The molecular weight excluding hydrogens is 404 g/mol. The minimum Gasteiger partial charge on any atom is -0.492 e. The predicted octanol–water partition coefficient (Wildman–Crippen LogP) is 3.11. The first-order valence-corrected chi connectivity index (χ1v) is 11.2. The zero-order valence-corrected chi connectivity index (χ0v) is 18.5. The first-order valence-electron chi connectivity index (χ1n) is 11.2. The van der Waals surface area contributed by atoms with Gasteiger partial charge >= 0.3 is 0 Å². The molecule has 1 atom stereocenters. The van der Waals surface area contributed by atoms with E-state index in [9.17, 15) is 9.59 Å². The molecule has 1 aromatic heterocycles. The van der Waals surface area contributed by atoms with Crippen LogP contribution in [0.3, 0.4) is 0 Å². The van der Waals surface area contributed by atoms with E-state index in [2.05, 4.69) is 22.5 Å². The molecule has 2 fully saturated rings. The Hall–Kier alpha value is -3.19. The monoisotopic (exact) mass is 432 g/mol. The molecule has 32 heavy (non-hydrogen) atoms. The number of carbonyl (C=O) groups excluding carboxylic acids is 1. The van der Waals surface area contributed by atoms with Crippen LogP contribution in [0.15, 0.2) is 47.5 Å². The second-order valence-electron chi connectivity index (χ2n) is 9.23. The Kier molecular flexibility index (Phi) is 5.21. The molecule has 1 aliphatic carbocycles. The number of aryl methyl sites for hydroxylation is 1. The van der Waals surface area contributed by atoms with Crippen LogP contribution >= 0.6 is 0 Å². The Bertz CT molecular complexity index is 1240. The predicted molar refractivity (Wildman–Crippen MR) is 124 cm³/mol. The van der Waals surface area contributed by atoms with Crippen LogP contribution in [0, 0.1) is 6.92 Å². The van der Waals surface area contributed by atoms with Crippen LogP contribution in [0.1, 0.15) is 48.5 Å². The second kappa shape index (κ2) is 8.06. The molecule has 1 saturated heterocycles. The van der Waals surface area contributed by atoms with Crippen LogP contribution in [0.4, 0.5) is 0 Å². The van der Waals surface area contributed by atoms with Gasteiger partial charge in [-0.05, 0) is 82.0 Å².